The lowest BCUT2D eigenvalue weighted by Crippen LogP contribution is -2.33. The van der Waals surface area contributed by atoms with Crippen molar-refractivity contribution in [3.05, 3.63) is 48.8 Å². The fourth-order valence-electron chi connectivity index (χ4n) is 3.31. The van der Waals surface area contributed by atoms with Crippen LogP contribution in [0, 0.1) is 0 Å². The highest BCUT2D eigenvalue weighted by molar-refractivity contribution is 5.84. The fraction of sp³-hybridized carbons (Fsp3) is 0.300. The molecule has 0 bridgehead atoms. The number of anilines is 2. The zero-order valence-corrected chi connectivity index (χ0v) is 16.9. The predicted molar refractivity (Wildman–Crippen MR) is 116 cm³/mol. The fourth-order valence-corrected chi connectivity index (χ4v) is 3.31. The number of aliphatic hydroxyl groups excluding tert-OH is 3. The van der Waals surface area contributed by atoms with Gasteiger partial charge >= 0.3 is 0 Å². The molecule has 0 aliphatic carbocycles. The number of rotatable bonds is 8. The highest BCUT2D eigenvalue weighted by Gasteiger charge is 2.45. The van der Waals surface area contributed by atoms with Crippen LogP contribution in [0.15, 0.2) is 48.3 Å². The predicted octanol–water partition coefficient (Wildman–Crippen LogP) is 0.0308. The number of ether oxygens (including phenoxy) is 2. The van der Waals surface area contributed by atoms with E-state index < -0.39 is 31.1 Å². The minimum atomic E-state index is -1.34. The SMILES string of the molecule is C=CCOc1ccc(/C=N/Nc2nc3c(N)ncnc3n2[C@@H]2O[C@H](CO)[C@@H](O)[C@H]2O)cc1. The Labute approximate surface area is 182 Å². The molecule has 1 aliphatic rings. The van der Waals surface area contributed by atoms with Crippen LogP contribution in [0.5, 0.6) is 5.75 Å². The summed E-state index contributed by atoms with van der Waals surface area (Å²) in [7, 11) is 0. The lowest BCUT2D eigenvalue weighted by Gasteiger charge is -2.18. The summed E-state index contributed by atoms with van der Waals surface area (Å²) in [5.74, 6) is 0.988. The van der Waals surface area contributed by atoms with E-state index >= 15 is 0 Å². The number of hydrazone groups is 1. The average molecular weight is 441 g/mol. The van der Waals surface area contributed by atoms with E-state index in [1.807, 2.05) is 12.1 Å². The maximum Gasteiger partial charge on any atom is 0.228 e. The van der Waals surface area contributed by atoms with Crippen molar-refractivity contribution >= 4 is 29.1 Å². The van der Waals surface area contributed by atoms with Crippen LogP contribution in [0.1, 0.15) is 11.8 Å². The molecule has 0 saturated carbocycles. The van der Waals surface area contributed by atoms with Crippen LogP contribution in [-0.2, 0) is 4.74 Å². The van der Waals surface area contributed by atoms with Gasteiger partial charge in [0.1, 0.15) is 37.0 Å². The summed E-state index contributed by atoms with van der Waals surface area (Å²) < 4.78 is 12.5. The monoisotopic (exact) mass is 441 g/mol. The van der Waals surface area contributed by atoms with Crippen LogP contribution in [-0.4, -0.2) is 72.6 Å². The molecule has 1 aromatic carbocycles. The van der Waals surface area contributed by atoms with Gasteiger partial charge in [0, 0.05) is 0 Å². The molecule has 6 N–H and O–H groups in total. The minimum Gasteiger partial charge on any atom is -0.490 e. The molecule has 2 aromatic heterocycles. The van der Waals surface area contributed by atoms with E-state index in [-0.39, 0.29) is 22.9 Å². The lowest BCUT2D eigenvalue weighted by atomic mass is 10.1. The molecule has 0 amide bonds. The zero-order valence-electron chi connectivity index (χ0n) is 16.9. The summed E-state index contributed by atoms with van der Waals surface area (Å²) in [6.45, 7) is 3.56. The van der Waals surface area contributed by atoms with Gasteiger partial charge in [0.05, 0.1) is 12.8 Å². The second kappa shape index (κ2) is 9.28. The van der Waals surface area contributed by atoms with Gasteiger partial charge in [-0.05, 0) is 29.8 Å². The van der Waals surface area contributed by atoms with Gasteiger partial charge in [-0.2, -0.15) is 5.10 Å². The molecular weight excluding hydrogens is 418 g/mol. The standard InChI is InChI=1S/C20H23N7O5/c1-2-7-31-12-5-3-11(4-6-12)8-24-26-20-25-14-17(21)22-10-23-18(14)27(20)19-16(30)15(29)13(9-28)32-19/h2-6,8,10,13,15-16,19,28-30H,1,7,9H2,(H,25,26)(H2,21,22,23)/b24-8+/t13-,15-,16-,19-/m1/s1. The van der Waals surface area contributed by atoms with E-state index in [1.54, 1.807) is 24.4 Å². The number of nitrogens with one attached hydrogen (secondary N) is 1. The molecule has 3 heterocycles. The maximum atomic E-state index is 10.5. The van der Waals surface area contributed by atoms with Crippen molar-refractivity contribution in [1.29, 1.82) is 0 Å². The topological polar surface area (TPSA) is 173 Å². The van der Waals surface area contributed by atoms with Gasteiger partial charge in [-0.25, -0.2) is 20.4 Å². The summed E-state index contributed by atoms with van der Waals surface area (Å²) in [5.41, 5.74) is 10.0. The summed E-state index contributed by atoms with van der Waals surface area (Å²) in [6, 6.07) is 7.25. The molecule has 1 fully saturated rings. The van der Waals surface area contributed by atoms with E-state index in [0.717, 1.165) is 5.56 Å². The van der Waals surface area contributed by atoms with Crippen molar-refractivity contribution in [2.45, 2.75) is 24.5 Å². The quantitative estimate of drug-likeness (QED) is 0.182. The molecule has 12 heteroatoms. The molecule has 1 saturated heterocycles. The number of benzene rings is 1. The number of nitrogens with two attached hydrogens (primary N) is 1. The van der Waals surface area contributed by atoms with E-state index in [4.69, 9.17) is 15.2 Å². The van der Waals surface area contributed by atoms with Crippen molar-refractivity contribution in [3.8, 4) is 5.75 Å². The number of aliphatic hydroxyl groups is 3. The van der Waals surface area contributed by atoms with Gasteiger partial charge in [0.15, 0.2) is 23.2 Å². The summed E-state index contributed by atoms with van der Waals surface area (Å²) in [4.78, 5) is 12.5. The Bertz CT molecular complexity index is 1120. The van der Waals surface area contributed by atoms with E-state index in [9.17, 15) is 15.3 Å². The first-order valence-electron chi connectivity index (χ1n) is 9.77. The van der Waals surface area contributed by atoms with Crippen molar-refractivity contribution in [2.24, 2.45) is 5.10 Å². The summed E-state index contributed by atoms with van der Waals surface area (Å²) in [5, 5.41) is 34.2. The van der Waals surface area contributed by atoms with Gasteiger partial charge < -0.3 is 30.5 Å². The van der Waals surface area contributed by atoms with Gasteiger partial charge in [-0.1, -0.05) is 12.7 Å². The van der Waals surface area contributed by atoms with E-state index in [1.165, 1.54) is 10.9 Å². The van der Waals surface area contributed by atoms with E-state index in [0.29, 0.717) is 12.4 Å². The Kier molecular flexibility index (Phi) is 6.28. The molecule has 168 valence electrons. The highest BCUT2D eigenvalue weighted by Crippen LogP contribution is 2.35. The number of hydrogen-bond acceptors (Lipinski definition) is 11. The van der Waals surface area contributed by atoms with Crippen molar-refractivity contribution in [1.82, 2.24) is 19.5 Å². The first-order valence-corrected chi connectivity index (χ1v) is 9.77. The molecule has 4 rings (SSSR count). The third-order valence-electron chi connectivity index (χ3n) is 4.90. The van der Waals surface area contributed by atoms with E-state index in [2.05, 4.69) is 32.1 Å². The largest absolute Gasteiger partial charge is 0.490 e. The van der Waals surface area contributed by atoms with Crippen molar-refractivity contribution < 1.29 is 24.8 Å². The third kappa shape index (κ3) is 4.11. The average Bonchev–Trinajstić information content (AvgIpc) is 3.31. The first-order chi connectivity index (χ1) is 15.5. The van der Waals surface area contributed by atoms with Crippen LogP contribution in [0.4, 0.5) is 11.8 Å². The molecule has 0 radical (unpaired) electrons. The number of imidazole rings is 1. The highest BCUT2D eigenvalue weighted by atomic mass is 16.6. The third-order valence-corrected chi connectivity index (χ3v) is 4.90. The minimum absolute atomic E-state index is 0.127. The van der Waals surface area contributed by atoms with Gasteiger partial charge in [-0.15, -0.1) is 0 Å². The maximum absolute atomic E-state index is 10.5. The lowest BCUT2D eigenvalue weighted by molar-refractivity contribution is -0.0501. The number of hydrogen-bond donors (Lipinski definition) is 5. The number of nitrogen functional groups attached to an aromatic ring is 1. The van der Waals surface area contributed by atoms with Gasteiger partial charge in [0.25, 0.3) is 0 Å². The summed E-state index contributed by atoms with van der Waals surface area (Å²) >= 11 is 0. The molecule has 12 nitrogen and oxygen atoms in total. The number of aromatic nitrogens is 4. The zero-order chi connectivity index (χ0) is 22.7. The van der Waals surface area contributed by atoms with Crippen LogP contribution < -0.4 is 15.9 Å². The second-order valence-corrected chi connectivity index (χ2v) is 7.00. The van der Waals surface area contributed by atoms with Crippen LogP contribution in [0.2, 0.25) is 0 Å². The van der Waals surface area contributed by atoms with Crippen LogP contribution in [0.25, 0.3) is 11.2 Å². The van der Waals surface area contributed by atoms with Crippen molar-refractivity contribution in [3.63, 3.8) is 0 Å². The van der Waals surface area contributed by atoms with Gasteiger partial charge in [-0.3, -0.25) is 4.57 Å². The summed E-state index contributed by atoms with van der Waals surface area (Å²) in [6.07, 6.45) is -0.207. The Morgan fingerprint density at radius 2 is 2.03 bits per heavy atom. The Morgan fingerprint density at radius 1 is 1.25 bits per heavy atom. The second-order valence-electron chi connectivity index (χ2n) is 7.00. The molecule has 0 unspecified atom stereocenters. The van der Waals surface area contributed by atoms with Gasteiger partial charge in [0.2, 0.25) is 5.95 Å². The van der Waals surface area contributed by atoms with Crippen LogP contribution in [0.3, 0.4) is 0 Å². The molecule has 0 spiro atoms. The Balaban J connectivity index is 1.61. The molecular formula is C20H23N7O5. The Morgan fingerprint density at radius 3 is 2.72 bits per heavy atom. The van der Waals surface area contributed by atoms with Crippen molar-refractivity contribution in [2.75, 3.05) is 24.4 Å². The molecule has 1 aliphatic heterocycles. The normalized spacial score (nSPS) is 23.1. The number of nitrogens with zero attached hydrogens (tertiary/aromatic N) is 5. The smallest absolute Gasteiger partial charge is 0.228 e. The first kappa shape index (κ1) is 21.6. The number of fused-ring (bicyclic) bond motifs is 1. The Hall–Kier alpha value is -3.58. The van der Waals surface area contributed by atoms with Crippen LogP contribution >= 0.6 is 0 Å². The molecule has 3 aromatic rings. The molecule has 32 heavy (non-hydrogen) atoms. The molecule has 4 atom stereocenters.